The Hall–Kier alpha value is -1.22. The van der Waals surface area contributed by atoms with Crippen LogP contribution in [0, 0.1) is 28.7 Å². The van der Waals surface area contributed by atoms with Crippen molar-refractivity contribution < 1.29 is 0 Å². The predicted molar refractivity (Wildman–Crippen MR) is 46.8 cm³/mol. The van der Waals surface area contributed by atoms with E-state index in [0.29, 0.717) is 6.54 Å². The largest absolute Gasteiger partial charge is 0.307 e. The molecule has 0 aromatic carbocycles. The normalized spacial score (nSPS) is 26.6. The van der Waals surface area contributed by atoms with E-state index in [0.717, 1.165) is 6.42 Å². The summed E-state index contributed by atoms with van der Waals surface area (Å²) in [6.07, 6.45) is 2.90. The molecule has 12 heavy (non-hydrogen) atoms. The Balaban J connectivity index is 0.000000561. The van der Waals surface area contributed by atoms with Crippen molar-refractivity contribution in [3.63, 3.8) is 0 Å². The Kier molecular flexibility index (Phi) is 4.88. The molecular formula is C9H15N3. The lowest BCUT2D eigenvalue weighted by Gasteiger charge is -2.10. The summed E-state index contributed by atoms with van der Waals surface area (Å²) in [6.45, 7) is 6.59. The highest BCUT2D eigenvalue weighted by molar-refractivity contribution is 4.98. The van der Waals surface area contributed by atoms with E-state index in [-0.39, 0.29) is 12.0 Å². The highest BCUT2D eigenvalue weighted by Crippen LogP contribution is 2.20. The van der Waals surface area contributed by atoms with E-state index in [1.54, 1.807) is 4.90 Å². The molecule has 1 heterocycles. The van der Waals surface area contributed by atoms with Gasteiger partial charge in [-0.1, -0.05) is 13.8 Å². The minimum Gasteiger partial charge on any atom is -0.307 e. The molecule has 1 aliphatic heterocycles. The Morgan fingerprint density at radius 2 is 1.92 bits per heavy atom. The number of nitriles is 2. The van der Waals surface area contributed by atoms with Crippen molar-refractivity contribution in [2.24, 2.45) is 5.92 Å². The zero-order chi connectivity index (χ0) is 9.56. The molecule has 0 bridgehead atoms. The summed E-state index contributed by atoms with van der Waals surface area (Å²) < 4.78 is 0. The van der Waals surface area contributed by atoms with Crippen molar-refractivity contribution in [1.29, 1.82) is 10.5 Å². The van der Waals surface area contributed by atoms with E-state index >= 15 is 0 Å². The molecule has 0 radical (unpaired) electrons. The van der Waals surface area contributed by atoms with Crippen LogP contribution in [0.5, 0.6) is 0 Å². The van der Waals surface area contributed by atoms with E-state index in [4.69, 9.17) is 10.5 Å². The van der Waals surface area contributed by atoms with Gasteiger partial charge in [-0.2, -0.15) is 10.5 Å². The number of rotatable bonds is 0. The van der Waals surface area contributed by atoms with Crippen molar-refractivity contribution in [1.82, 2.24) is 4.90 Å². The Bertz CT molecular complexity index is 199. The van der Waals surface area contributed by atoms with Crippen molar-refractivity contribution in [3.05, 3.63) is 0 Å². The van der Waals surface area contributed by atoms with Crippen LogP contribution in [-0.4, -0.2) is 17.5 Å². The Morgan fingerprint density at radius 3 is 2.17 bits per heavy atom. The fraction of sp³-hybridized carbons (Fsp3) is 0.778. The van der Waals surface area contributed by atoms with Gasteiger partial charge in [0, 0.05) is 12.6 Å². The van der Waals surface area contributed by atoms with E-state index < -0.39 is 0 Å². The van der Waals surface area contributed by atoms with Crippen LogP contribution in [0.15, 0.2) is 0 Å². The van der Waals surface area contributed by atoms with Crippen LogP contribution in [0.2, 0.25) is 0 Å². The number of hydrogen-bond acceptors (Lipinski definition) is 3. The van der Waals surface area contributed by atoms with Crippen LogP contribution in [0.25, 0.3) is 0 Å². The summed E-state index contributed by atoms with van der Waals surface area (Å²) in [4.78, 5) is 1.66. The molecular weight excluding hydrogens is 150 g/mol. The number of hydrogen-bond donors (Lipinski definition) is 0. The van der Waals surface area contributed by atoms with Gasteiger partial charge in [0.15, 0.2) is 6.19 Å². The van der Waals surface area contributed by atoms with Crippen molar-refractivity contribution in [3.8, 4) is 12.3 Å². The predicted octanol–water partition coefficient (Wildman–Crippen LogP) is 1.73. The highest BCUT2D eigenvalue weighted by Gasteiger charge is 2.27. The van der Waals surface area contributed by atoms with Gasteiger partial charge in [0.05, 0.1) is 12.0 Å². The molecule has 3 nitrogen and oxygen atoms in total. The van der Waals surface area contributed by atoms with E-state index in [1.165, 1.54) is 0 Å². The number of likely N-dealkylation sites (tertiary alicyclic amines) is 1. The lowest BCUT2D eigenvalue weighted by atomic mass is 10.1. The Morgan fingerprint density at radius 1 is 1.33 bits per heavy atom. The van der Waals surface area contributed by atoms with E-state index in [9.17, 15) is 0 Å². The second-order valence-corrected chi connectivity index (χ2v) is 2.66. The molecule has 0 aromatic rings. The van der Waals surface area contributed by atoms with Crippen molar-refractivity contribution in [2.75, 3.05) is 6.54 Å². The molecule has 0 N–H and O–H groups in total. The van der Waals surface area contributed by atoms with E-state index in [2.05, 4.69) is 12.3 Å². The molecule has 0 aromatic heterocycles. The third-order valence-corrected chi connectivity index (χ3v) is 1.89. The zero-order valence-corrected chi connectivity index (χ0v) is 7.91. The average Bonchev–Trinajstić information content (AvgIpc) is 2.49. The maximum Gasteiger partial charge on any atom is 0.179 e. The molecule has 0 aliphatic carbocycles. The molecule has 1 fully saturated rings. The van der Waals surface area contributed by atoms with Gasteiger partial charge in [-0.25, -0.2) is 0 Å². The van der Waals surface area contributed by atoms with Gasteiger partial charge in [-0.15, -0.1) is 0 Å². The lowest BCUT2D eigenvalue weighted by Crippen LogP contribution is -2.20. The van der Waals surface area contributed by atoms with Crippen LogP contribution in [0.3, 0.4) is 0 Å². The summed E-state index contributed by atoms with van der Waals surface area (Å²) in [5.41, 5.74) is 0. The molecule has 0 amide bonds. The molecule has 0 saturated carbocycles. The van der Waals surface area contributed by atoms with Gasteiger partial charge in [0.2, 0.25) is 0 Å². The third kappa shape index (κ3) is 2.43. The summed E-state index contributed by atoms with van der Waals surface area (Å²) >= 11 is 0. The van der Waals surface area contributed by atoms with Crippen molar-refractivity contribution in [2.45, 2.75) is 33.2 Å². The molecule has 3 heteroatoms. The molecule has 66 valence electrons. The molecule has 0 spiro atoms. The monoisotopic (exact) mass is 165 g/mol. The molecule has 2 unspecified atom stereocenters. The number of nitrogens with zero attached hydrogens (tertiary/aromatic N) is 3. The van der Waals surface area contributed by atoms with Gasteiger partial charge in [0.25, 0.3) is 0 Å². The van der Waals surface area contributed by atoms with Crippen LogP contribution in [0.1, 0.15) is 27.2 Å². The van der Waals surface area contributed by atoms with Gasteiger partial charge in [-0.3, -0.25) is 0 Å². The SMILES string of the molecule is CC.CC1CC(C#N)CN1C#N. The maximum absolute atomic E-state index is 8.52. The van der Waals surface area contributed by atoms with Crippen LogP contribution < -0.4 is 0 Å². The molecule has 1 rings (SSSR count). The summed E-state index contributed by atoms with van der Waals surface area (Å²) in [7, 11) is 0. The van der Waals surface area contributed by atoms with Gasteiger partial charge < -0.3 is 4.90 Å². The first-order valence-corrected chi connectivity index (χ1v) is 4.34. The summed E-state index contributed by atoms with van der Waals surface area (Å²) in [5, 5.41) is 17.0. The molecule has 1 saturated heterocycles. The minimum atomic E-state index is 0.0645. The zero-order valence-electron chi connectivity index (χ0n) is 7.91. The van der Waals surface area contributed by atoms with Gasteiger partial charge in [0.1, 0.15) is 0 Å². The first-order chi connectivity index (χ1) is 5.77. The molecule has 1 aliphatic rings. The van der Waals surface area contributed by atoms with Crippen LogP contribution >= 0.6 is 0 Å². The topological polar surface area (TPSA) is 50.8 Å². The van der Waals surface area contributed by atoms with Gasteiger partial charge in [-0.05, 0) is 13.3 Å². The highest BCUT2D eigenvalue weighted by atomic mass is 15.2. The fourth-order valence-corrected chi connectivity index (χ4v) is 1.26. The standard InChI is InChI=1S/C7H9N3.C2H6/c1-6-2-7(3-8)4-10(6)5-9;1-2/h6-7H,2,4H2,1H3;1-2H3. The average molecular weight is 165 g/mol. The first kappa shape index (κ1) is 10.8. The van der Waals surface area contributed by atoms with Gasteiger partial charge >= 0.3 is 0 Å². The summed E-state index contributed by atoms with van der Waals surface area (Å²) in [6, 6.07) is 2.42. The maximum atomic E-state index is 8.52. The first-order valence-electron chi connectivity index (χ1n) is 4.34. The van der Waals surface area contributed by atoms with Crippen LogP contribution in [0.4, 0.5) is 0 Å². The van der Waals surface area contributed by atoms with Crippen molar-refractivity contribution >= 4 is 0 Å². The minimum absolute atomic E-state index is 0.0645. The lowest BCUT2D eigenvalue weighted by molar-refractivity contribution is 0.386. The Labute approximate surface area is 74.2 Å². The third-order valence-electron chi connectivity index (χ3n) is 1.89. The van der Waals surface area contributed by atoms with E-state index in [1.807, 2.05) is 20.8 Å². The van der Waals surface area contributed by atoms with Crippen LogP contribution in [-0.2, 0) is 0 Å². The second kappa shape index (κ2) is 5.43. The quantitative estimate of drug-likeness (QED) is 0.513. The molecule has 2 atom stereocenters. The summed E-state index contributed by atoms with van der Waals surface area (Å²) in [5.74, 6) is 0.0645. The second-order valence-electron chi connectivity index (χ2n) is 2.66. The smallest absolute Gasteiger partial charge is 0.179 e. The fourth-order valence-electron chi connectivity index (χ4n) is 1.26.